The number of halogens is 2. The SMILES string of the molecule is CCn1c(SCC(=O)Nc2ccc(I)cc2)nnc1-c1cc2cc(Cl)ccc2o1. The van der Waals surface area contributed by atoms with E-state index >= 15 is 0 Å². The molecule has 0 bridgehead atoms. The second-order valence-electron chi connectivity index (χ2n) is 6.19. The fourth-order valence-corrected chi connectivity index (χ4v) is 4.19. The Kier molecular flexibility index (Phi) is 6.12. The van der Waals surface area contributed by atoms with E-state index in [4.69, 9.17) is 16.0 Å². The lowest BCUT2D eigenvalue weighted by molar-refractivity contribution is -0.113. The van der Waals surface area contributed by atoms with E-state index in [0.717, 1.165) is 20.2 Å². The van der Waals surface area contributed by atoms with Gasteiger partial charge in [0.25, 0.3) is 0 Å². The third-order valence-corrected chi connectivity index (χ3v) is 6.11. The zero-order valence-electron chi connectivity index (χ0n) is 15.4. The van der Waals surface area contributed by atoms with Gasteiger partial charge in [-0.15, -0.1) is 10.2 Å². The van der Waals surface area contributed by atoms with Gasteiger partial charge in [0.1, 0.15) is 5.58 Å². The van der Waals surface area contributed by atoms with Crippen molar-refractivity contribution in [3.05, 3.63) is 57.1 Å². The summed E-state index contributed by atoms with van der Waals surface area (Å²) >= 11 is 9.62. The molecule has 0 saturated carbocycles. The Morgan fingerprint density at radius 1 is 1.21 bits per heavy atom. The molecule has 148 valence electrons. The fourth-order valence-electron chi connectivity index (χ4n) is 2.85. The van der Waals surface area contributed by atoms with E-state index in [1.807, 2.05) is 54.0 Å². The molecule has 1 amide bonds. The third kappa shape index (κ3) is 4.59. The number of carbonyl (C=O) groups is 1. The standard InChI is InChI=1S/C20H16ClIN4O2S/c1-2-26-19(17-10-12-9-13(21)3-8-16(12)28-17)24-25-20(26)29-11-18(27)23-15-6-4-14(22)5-7-15/h3-10H,2,11H2,1H3,(H,23,27). The van der Waals surface area contributed by atoms with Crippen LogP contribution in [0.5, 0.6) is 0 Å². The lowest BCUT2D eigenvalue weighted by Crippen LogP contribution is -2.14. The predicted molar refractivity (Wildman–Crippen MR) is 124 cm³/mol. The Morgan fingerprint density at radius 3 is 2.76 bits per heavy atom. The molecule has 0 atom stereocenters. The fraction of sp³-hybridized carbons (Fsp3) is 0.150. The highest BCUT2D eigenvalue weighted by Gasteiger charge is 2.18. The van der Waals surface area contributed by atoms with Gasteiger partial charge in [-0.05, 0) is 78.0 Å². The van der Waals surface area contributed by atoms with Crippen LogP contribution in [0.3, 0.4) is 0 Å². The molecular formula is C20H16ClIN4O2S. The van der Waals surface area contributed by atoms with Gasteiger partial charge in [-0.3, -0.25) is 9.36 Å². The molecule has 0 saturated heterocycles. The lowest BCUT2D eigenvalue weighted by Gasteiger charge is -2.07. The van der Waals surface area contributed by atoms with E-state index < -0.39 is 0 Å². The number of carbonyl (C=O) groups excluding carboxylic acids is 1. The first-order valence-electron chi connectivity index (χ1n) is 8.84. The van der Waals surface area contributed by atoms with E-state index in [1.54, 1.807) is 6.07 Å². The summed E-state index contributed by atoms with van der Waals surface area (Å²) in [5.74, 6) is 1.38. The van der Waals surface area contributed by atoms with Crippen LogP contribution in [0.1, 0.15) is 6.92 Å². The Labute approximate surface area is 190 Å². The summed E-state index contributed by atoms with van der Waals surface area (Å²) in [6.45, 7) is 2.66. The molecule has 0 aliphatic rings. The van der Waals surface area contributed by atoms with Crippen molar-refractivity contribution in [3.63, 3.8) is 0 Å². The highest BCUT2D eigenvalue weighted by atomic mass is 127. The Bertz CT molecular complexity index is 1170. The molecule has 0 unspecified atom stereocenters. The zero-order chi connectivity index (χ0) is 20.4. The summed E-state index contributed by atoms with van der Waals surface area (Å²) in [4.78, 5) is 12.3. The van der Waals surface area contributed by atoms with Crippen molar-refractivity contribution >= 4 is 68.5 Å². The number of nitrogens with one attached hydrogen (secondary N) is 1. The van der Waals surface area contributed by atoms with Gasteiger partial charge < -0.3 is 9.73 Å². The molecular weight excluding hydrogens is 523 g/mol. The molecule has 4 rings (SSSR count). The van der Waals surface area contributed by atoms with Crippen LogP contribution in [-0.2, 0) is 11.3 Å². The molecule has 9 heteroatoms. The molecule has 4 aromatic rings. The maximum Gasteiger partial charge on any atom is 0.234 e. The maximum atomic E-state index is 12.3. The molecule has 0 fully saturated rings. The maximum absolute atomic E-state index is 12.3. The van der Waals surface area contributed by atoms with Crippen molar-refractivity contribution in [2.75, 3.05) is 11.1 Å². The minimum Gasteiger partial charge on any atom is -0.453 e. The molecule has 0 radical (unpaired) electrons. The summed E-state index contributed by atoms with van der Waals surface area (Å²) in [6.07, 6.45) is 0. The number of benzene rings is 2. The number of fused-ring (bicyclic) bond motifs is 1. The van der Waals surface area contributed by atoms with Crippen molar-refractivity contribution in [1.29, 1.82) is 0 Å². The molecule has 2 heterocycles. The second kappa shape index (κ2) is 8.76. The number of furan rings is 1. The molecule has 1 N–H and O–H groups in total. The third-order valence-electron chi connectivity index (χ3n) is 4.19. The number of hydrogen-bond donors (Lipinski definition) is 1. The summed E-state index contributed by atoms with van der Waals surface area (Å²) in [7, 11) is 0. The quantitative estimate of drug-likeness (QED) is 0.252. The van der Waals surface area contributed by atoms with Crippen LogP contribution in [0.15, 0.2) is 58.1 Å². The van der Waals surface area contributed by atoms with Gasteiger partial charge in [0.2, 0.25) is 11.7 Å². The first-order valence-corrected chi connectivity index (χ1v) is 11.3. The number of hydrogen-bond acceptors (Lipinski definition) is 5. The van der Waals surface area contributed by atoms with E-state index in [-0.39, 0.29) is 11.7 Å². The highest BCUT2D eigenvalue weighted by molar-refractivity contribution is 14.1. The predicted octanol–water partition coefficient (Wildman–Crippen LogP) is 5.70. The number of anilines is 1. The number of thioether (sulfide) groups is 1. The van der Waals surface area contributed by atoms with Gasteiger partial charge in [-0.2, -0.15) is 0 Å². The van der Waals surface area contributed by atoms with E-state index in [9.17, 15) is 4.79 Å². The van der Waals surface area contributed by atoms with Gasteiger partial charge in [0, 0.05) is 26.2 Å². The average molecular weight is 539 g/mol. The topological polar surface area (TPSA) is 73.0 Å². The van der Waals surface area contributed by atoms with Gasteiger partial charge >= 0.3 is 0 Å². The lowest BCUT2D eigenvalue weighted by atomic mass is 10.2. The van der Waals surface area contributed by atoms with Crippen molar-refractivity contribution in [1.82, 2.24) is 14.8 Å². The molecule has 0 spiro atoms. The molecule has 2 aromatic carbocycles. The molecule has 0 aliphatic heterocycles. The highest BCUT2D eigenvalue weighted by Crippen LogP contribution is 2.30. The Hall–Kier alpha value is -2.04. The summed E-state index contributed by atoms with van der Waals surface area (Å²) in [5.41, 5.74) is 1.51. The van der Waals surface area contributed by atoms with Crippen molar-refractivity contribution < 1.29 is 9.21 Å². The second-order valence-corrected chi connectivity index (χ2v) is 8.81. The van der Waals surface area contributed by atoms with Crippen molar-refractivity contribution in [2.24, 2.45) is 0 Å². The molecule has 29 heavy (non-hydrogen) atoms. The minimum atomic E-state index is -0.0956. The molecule has 0 aliphatic carbocycles. The summed E-state index contributed by atoms with van der Waals surface area (Å²) < 4.78 is 8.96. The monoisotopic (exact) mass is 538 g/mol. The summed E-state index contributed by atoms with van der Waals surface area (Å²) in [6, 6.07) is 15.0. The molecule has 6 nitrogen and oxygen atoms in total. The van der Waals surface area contributed by atoms with Crippen molar-refractivity contribution in [3.8, 4) is 11.6 Å². The minimum absolute atomic E-state index is 0.0956. The van der Waals surface area contributed by atoms with Crippen LogP contribution in [-0.4, -0.2) is 26.4 Å². The van der Waals surface area contributed by atoms with Gasteiger partial charge in [-0.1, -0.05) is 23.4 Å². The first kappa shape index (κ1) is 20.2. The van der Waals surface area contributed by atoms with E-state index in [1.165, 1.54) is 11.8 Å². The number of amides is 1. The largest absolute Gasteiger partial charge is 0.453 e. The van der Waals surface area contributed by atoms with Gasteiger partial charge in [0.15, 0.2) is 10.9 Å². The van der Waals surface area contributed by atoms with Crippen LogP contribution in [0.25, 0.3) is 22.6 Å². The van der Waals surface area contributed by atoms with E-state index in [0.29, 0.717) is 28.3 Å². The number of aromatic nitrogens is 3. The van der Waals surface area contributed by atoms with Crippen LogP contribution in [0.4, 0.5) is 5.69 Å². The van der Waals surface area contributed by atoms with Gasteiger partial charge in [-0.25, -0.2) is 0 Å². The van der Waals surface area contributed by atoms with E-state index in [2.05, 4.69) is 38.1 Å². The number of rotatable bonds is 6. The van der Waals surface area contributed by atoms with Crippen LogP contribution >= 0.6 is 46.0 Å². The number of nitrogens with zero attached hydrogens (tertiary/aromatic N) is 3. The average Bonchev–Trinajstić information content (AvgIpc) is 3.31. The van der Waals surface area contributed by atoms with Crippen LogP contribution < -0.4 is 5.32 Å². The zero-order valence-corrected chi connectivity index (χ0v) is 19.1. The Balaban J connectivity index is 1.49. The molecule has 2 aromatic heterocycles. The van der Waals surface area contributed by atoms with Crippen molar-refractivity contribution in [2.45, 2.75) is 18.6 Å². The van der Waals surface area contributed by atoms with Crippen LogP contribution in [0.2, 0.25) is 5.02 Å². The normalized spacial score (nSPS) is 11.1. The Morgan fingerprint density at radius 2 is 2.00 bits per heavy atom. The smallest absolute Gasteiger partial charge is 0.234 e. The summed E-state index contributed by atoms with van der Waals surface area (Å²) in [5, 5.41) is 13.6. The van der Waals surface area contributed by atoms with Crippen LogP contribution in [0, 0.1) is 3.57 Å². The first-order chi connectivity index (χ1) is 14.0. The van der Waals surface area contributed by atoms with Gasteiger partial charge in [0.05, 0.1) is 5.75 Å².